The van der Waals surface area contributed by atoms with Gasteiger partial charge in [-0.15, -0.1) is 0 Å². The number of alkyl halides is 12. The van der Waals surface area contributed by atoms with Gasteiger partial charge in [0.2, 0.25) is 0 Å². The smallest absolute Gasteiger partial charge is 0.353 e. The zero-order chi connectivity index (χ0) is 21.9. The Hall–Kier alpha value is -0.920. The van der Waals surface area contributed by atoms with Crippen LogP contribution in [0.15, 0.2) is 0 Å². The zero-order valence-electron chi connectivity index (χ0n) is 13.8. The molecule has 0 bridgehead atoms. The third kappa shape index (κ3) is 4.93. The second-order valence-electron chi connectivity index (χ2n) is 5.45. The maximum absolute atomic E-state index is 13.4. The van der Waals surface area contributed by atoms with E-state index in [0.29, 0.717) is 12.8 Å². The highest BCUT2D eigenvalue weighted by atomic mass is 19.4. The molecule has 14 heteroatoms. The summed E-state index contributed by atoms with van der Waals surface area (Å²) >= 11 is 0. The molecule has 0 aromatic carbocycles. The molecule has 0 radical (unpaired) electrons. The lowest BCUT2D eigenvalue weighted by Crippen LogP contribution is -2.69. The lowest BCUT2D eigenvalue weighted by Gasteiger charge is -2.39. The summed E-state index contributed by atoms with van der Waals surface area (Å²) in [4.78, 5) is 0. The maximum Gasteiger partial charge on any atom is 0.384 e. The Kier molecular flexibility index (Phi) is 8.32. The normalized spacial score (nSPS) is 16.1. The van der Waals surface area contributed by atoms with Crippen LogP contribution in [0.1, 0.15) is 26.7 Å². The van der Waals surface area contributed by atoms with E-state index in [-0.39, 0.29) is 6.61 Å². The fourth-order valence-corrected chi connectivity index (χ4v) is 1.53. The molecule has 0 N–H and O–H groups in total. The van der Waals surface area contributed by atoms with Crippen LogP contribution in [0.25, 0.3) is 0 Å². The summed E-state index contributed by atoms with van der Waals surface area (Å²) in [6, 6.07) is 0. The van der Waals surface area contributed by atoms with Crippen LogP contribution in [0, 0.1) is 0 Å². The third-order valence-electron chi connectivity index (χ3n) is 3.29. The summed E-state index contributed by atoms with van der Waals surface area (Å²) in [6.45, 7) is -0.143. The molecule has 0 aliphatic carbocycles. The molecule has 0 aromatic heterocycles. The predicted octanol–water partition coefficient (Wildman–Crippen LogP) is 5.61. The molecule has 0 rings (SSSR count). The minimum Gasteiger partial charge on any atom is -0.353 e. The Morgan fingerprint density at radius 2 is 1.22 bits per heavy atom. The molecule has 0 aliphatic heterocycles. The number of hydrogen-bond acceptors (Lipinski definition) is 2. The van der Waals surface area contributed by atoms with Gasteiger partial charge in [-0.05, 0) is 13.3 Å². The third-order valence-corrected chi connectivity index (χ3v) is 3.29. The van der Waals surface area contributed by atoms with Crippen LogP contribution in [-0.2, 0) is 9.47 Å². The molecule has 0 saturated heterocycles. The van der Waals surface area contributed by atoms with Crippen LogP contribution < -0.4 is 0 Å². The standard InChI is InChI=1S/C13H16F12O2/c1-3-4-5-26-7(2)27-6-9(16,17)11(20,21)13(24,25)12(22,23)10(18,19)8(14)15/h7-8H,3-6H2,1-2H3/t7-/m0/s1. The number of halogens is 12. The van der Waals surface area contributed by atoms with Crippen molar-refractivity contribution < 1.29 is 62.2 Å². The van der Waals surface area contributed by atoms with Crippen molar-refractivity contribution in [3.05, 3.63) is 0 Å². The van der Waals surface area contributed by atoms with E-state index >= 15 is 0 Å². The van der Waals surface area contributed by atoms with Crippen molar-refractivity contribution >= 4 is 0 Å². The molecule has 0 amide bonds. The van der Waals surface area contributed by atoms with Gasteiger partial charge in [-0.3, -0.25) is 0 Å². The van der Waals surface area contributed by atoms with Gasteiger partial charge >= 0.3 is 36.0 Å². The largest absolute Gasteiger partial charge is 0.384 e. The van der Waals surface area contributed by atoms with Gasteiger partial charge in [0.05, 0.1) is 0 Å². The first-order chi connectivity index (χ1) is 11.9. The topological polar surface area (TPSA) is 18.5 Å². The van der Waals surface area contributed by atoms with E-state index in [0.717, 1.165) is 6.92 Å². The van der Waals surface area contributed by atoms with Crippen LogP contribution in [0.5, 0.6) is 0 Å². The van der Waals surface area contributed by atoms with Crippen LogP contribution >= 0.6 is 0 Å². The number of unbranched alkanes of at least 4 members (excludes halogenated alkanes) is 1. The van der Waals surface area contributed by atoms with Crippen molar-refractivity contribution in [3.63, 3.8) is 0 Å². The molecule has 2 nitrogen and oxygen atoms in total. The Morgan fingerprint density at radius 1 is 0.741 bits per heavy atom. The first kappa shape index (κ1) is 26.1. The molecule has 1 atom stereocenters. The highest BCUT2D eigenvalue weighted by Crippen LogP contribution is 2.58. The van der Waals surface area contributed by atoms with Gasteiger partial charge in [-0.2, -0.15) is 43.9 Å². The Balaban J connectivity index is 5.48. The van der Waals surface area contributed by atoms with E-state index in [1.54, 1.807) is 6.92 Å². The second kappa shape index (κ2) is 8.62. The van der Waals surface area contributed by atoms with Crippen LogP contribution in [0.2, 0.25) is 0 Å². The minimum atomic E-state index is -7.54. The average Bonchev–Trinajstić information content (AvgIpc) is 2.52. The van der Waals surface area contributed by atoms with E-state index < -0.39 is 48.9 Å². The number of ether oxygens (including phenoxy) is 2. The van der Waals surface area contributed by atoms with Crippen molar-refractivity contribution in [3.8, 4) is 0 Å². The fraction of sp³-hybridized carbons (Fsp3) is 1.00. The number of hydrogen-bond donors (Lipinski definition) is 0. The fourth-order valence-electron chi connectivity index (χ4n) is 1.53. The summed E-state index contributed by atoms with van der Waals surface area (Å²) in [5, 5.41) is 0. The van der Waals surface area contributed by atoms with Gasteiger partial charge in [0.25, 0.3) is 0 Å². The zero-order valence-corrected chi connectivity index (χ0v) is 13.8. The van der Waals surface area contributed by atoms with Crippen LogP contribution in [0.3, 0.4) is 0 Å². The molecule has 0 aromatic rings. The van der Waals surface area contributed by atoms with Crippen molar-refractivity contribution in [1.82, 2.24) is 0 Å². The molecule has 0 aliphatic rings. The van der Waals surface area contributed by atoms with Gasteiger partial charge in [-0.25, -0.2) is 8.78 Å². The van der Waals surface area contributed by atoms with Gasteiger partial charge in [0.15, 0.2) is 6.29 Å². The predicted molar refractivity (Wildman–Crippen MR) is 67.0 cm³/mol. The van der Waals surface area contributed by atoms with Gasteiger partial charge in [-0.1, -0.05) is 13.3 Å². The lowest BCUT2D eigenvalue weighted by molar-refractivity contribution is -0.417. The van der Waals surface area contributed by atoms with Crippen molar-refractivity contribution in [2.45, 2.75) is 69.0 Å². The van der Waals surface area contributed by atoms with Gasteiger partial charge in [0.1, 0.15) is 6.61 Å². The van der Waals surface area contributed by atoms with E-state index in [4.69, 9.17) is 0 Å². The first-order valence-electron chi connectivity index (χ1n) is 7.30. The van der Waals surface area contributed by atoms with E-state index in [2.05, 4.69) is 9.47 Å². The lowest BCUT2D eigenvalue weighted by atomic mass is 9.94. The van der Waals surface area contributed by atoms with Crippen molar-refractivity contribution in [1.29, 1.82) is 0 Å². The molecular weight excluding hydrogens is 416 g/mol. The molecule has 27 heavy (non-hydrogen) atoms. The second-order valence-corrected chi connectivity index (χ2v) is 5.45. The summed E-state index contributed by atoms with van der Waals surface area (Å²) in [5.41, 5.74) is 0. The highest BCUT2D eigenvalue weighted by molar-refractivity contribution is 5.09. The molecule has 0 saturated carbocycles. The molecule has 0 heterocycles. The van der Waals surface area contributed by atoms with E-state index in [9.17, 15) is 52.7 Å². The van der Waals surface area contributed by atoms with Gasteiger partial charge < -0.3 is 9.47 Å². The Labute approximate surface area is 145 Å². The highest BCUT2D eigenvalue weighted by Gasteiger charge is 2.87. The van der Waals surface area contributed by atoms with Crippen LogP contribution in [0.4, 0.5) is 52.7 Å². The summed E-state index contributed by atoms with van der Waals surface area (Å²) in [5.74, 6) is -35.3. The SMILES string of the molecule is CCCCO[C@H](C)OCC(F)(F)C(F)(F)C(F)(F)C(F)(F)C(F)(F)C(F)F. The van der Waals surface area contributed by atoms with Crippen molar-refractivity contribution in [2.75, 3.05) is 13.2 Å². The van der Waals surface area contributed by atoms with Crippen LogP contribution in [-0.4, -0.2) is 55.5 Å². The Bertz CT molecular complexity index is 466. The average molecular weight is 432 g/mol. The molecule has 0 spiro atoms. The number of rotatable bonds is 12. The summed E-state index contributed by atoms with van der Waals surface area (Å²) in [6.07, 6.45) is -6.23. The quantitative estimate of drug-likeness (QED) is 0.227. The minimum absolute atomic E-state index is 0.103. The first-order valence-corrected chi connectivity index (χ1v) is 7.30. The van der Waals surface area contributed by atoms with E-state index in [1.807, 2.05) is 0 Å². The van der Waals surface area contributed by atoms with Gasteiger partial charge in [0, 0.05) is 6.61 Å². The molecule has 0 unspecified atom stereocenters. The summed E-state index contributed by atoms with van der Waals surface area (Å²) < 4.78 is 164. The Morgan fingerprint density at radius 3 is 1.63 bits per heavy atom. The summed E-state index contributed by atoms with van der Waals surface area (Å²) in [7, 11) is 0. The van der Waals surface area contributed by atoms with Crippen molar-refractivity contribution in [2.24, 2.45) is 0 Å². The van der Waals surface area contributed by atoms with E-state index in [1.165, 1.54) is 0 Å². The molecule has 0 fully saturated rings. The molecule has 164 valence electrons. The molecular formula is C13H16F12O2. The maximum atomic E-state index is 13.4. The monoisotopic (exact) mass is 432 g/mol.